The van der Waals surface area contributed by atoms with Gasteiger partial charge in [0.25, 0.3) is 0 Å². The van der Waals surface area contributed by atoms with Gasteiger partial charge in [0.05, 0.1) is 19.4 Å². The normalized spacial score (nSPS) is 16.0. The van der Waals surface area contributed by atoms with E-state index in [0.29, 0.717) is 35.1 Å². The molecule has 0 saturated carbocycles. The number of anilines is 1. The van der Waals surface area contributed by atoms with Gasteiger partial charge in [-0.3, -0.25) is 15.0 Å². The van der Waals surface area contributed by atoms with Crippen molar-refractivity contribution >= 4 is 34.5 Å². The summed E-state index contributed by atoms with van der Waals surface area (Å²) in [6, 6.07) is 12.3. The summed E-state index contributed by atoms with van der Waals surface area (Å²) in [4.78, 5) is 26.8. The van der Waals surface area contributed by atoms with Gasteiger partial charge in [-0.25, -0.2) is 14.2 Å². The molecule has 2 aliphatic rings. The van der Waals surface area contributed by atoms with Crippen molar-refractivity contribution in [2.24, 2.45) is 5.10 Å². The minimum absolute atomic E-state index is 0.170. The van der Waals surface area contributed by atoms with Gasteiger partial charge in [0.15, 0.2) is 11.5 Å². The molecule has 9 nitrogen and oxygen atoms in total. The Bertz CT molecular complexity index is 1090. The molecule has 4 rings (SSSR count). The van der Waals surface area contributed by atoms with E-state index in [1.54, 1.807) is 30.3 Å². The van der Waals surface area contributed by atoms with E-state index in [2.05, 4.69) is 15.3 Å². The van der Waals surface area contributed by atoms with Gasteiger partial charge in [0.2, 0.25) is 6.86 Å². The van der Waals surface area contributed by atoms with E-state index in [4.69, 9.17) is 14.2 Å². The molecule has 36 heavy (non-hydrogen) atoms. The molecule has 0 unspecified atom stereocenters. The van der Waals surface area contributed by atoms with Crippen molar-refractivity contribution in [2.45, 2.75) is 19.4 Å². The zero-order valence-corrected chi connectivity index (χ0v) is 20.9. The number of likely N-dealkylation sites (tertiary alicyclic amines) is 1. The van der Waals surface area contributed by atoms with Crippen LogP contribution in [-0.4, -0.2) is 72.9 Å². The largest absolute Gasteiger partial charge is 0.493 e. The Morgan fingerprint density at radius 3 is 2.64 bits per heavy atom. The summed E-state index contributed by atoms with van der Waals surface area (Å²) in [5.41, 5.74) is 2.83. The molecule has 0 radical (unpaired) electrons. The van der Waals surface area contributed by atoms with Crippen molar-refractivity contribution in [3.63, 3.8) is 0 Å². The highest BCUT2D eigenvalue weighted by Gasteiger charge is 2.23. The fraction of sp³-hybridized carbons (Fsp3) is 0.400. The molecule has 0 aromatic heterocycles. The van der Waals surface area contributed by atoms with Gasteiger partial charge in [-0.05, 0) is 61.8 Å². The van der Waals surface area contributed by atoms with Crippen molar-refractivity contribution < 1.29 is 28.2 Å². The number of nitrogens with one attached hydrogen (secondary N) is 1. The Hall–Kier alpha value is -3.31. The maximum atomic E-state index is 12.7. The van der Waals surface area contributed by atoms with E-state index in [-0.39, 0.29) is 17.5 Å². The molecular weight excluding hydrogens is 487 g/mol. The second-order valence-corrected chi connectivity index (χ2v) is 9.21. The highest BCUT2D eigenvalue weighted by Crippen LogP contribution is 2.30. The highest BCUT2D eigenvalue weighted by molar-refractivity contribution is 8.14. The number of carbonyl (C=O) groups excluding carboxylic acids is 2. The molecule has 0 atom stereocenters. The summed E-state index contributed by atoms with van der Waals surface area (Å²) >= 11 is 1.14. The van der Waals surface area contributed by atoms with Crippen LogP contribution in [0.25, 0.3) is 0 Å². The number of rotatable bonds is 10. The van der Waals surface area contributed by atoms with Crippen LogP contribution in [0, 0.1) is 0 Å². The molecular formula is C25H29FN4O5S. The van der Waals surface area contributed by atoms with Crippen molar-refractivity contribution in [1.29, 1.82) is 0 Å². The molecule has 1 fully saturated rings. The number of hydrazone groups is 1. The lowest BCUT2D eigenvalue weighted by Gasteiger charge is -2.23. The van der Waals surface area contributed by atoms with Crippen LogP contribution in [0.1, 0.15) is 24.0 Å². The standard InChI is InChI=1S/C25H29FN4O5S/c1-33-22-9-6-19(14-23(22)35-17-26)21-16-36-25(32)30(28-21)15-18-4-7-20(8-5-18)27-24(31)34-13-12-29-10-2-3-11-29/h4-9,14H,2-3,10-13,15-17H2,1H3,(H,27,31). The lowest BCUT2D eigenvalue weighted by molar-refractivity contribution is 0.146. The Labute approximate surface area is 213 Å². The van der Waals surface area contributed by atoms with Crippen molar-refractivity contribution in [3.8, 4) is 11.5 Å². The summed E-state index contributed by atoms with van der Waals surface area (Å²) in [6.07, 6.45) is 1.91. The van der Waals surface area contributed by atoms with E-state index >= 15 is 0 Å². The molecule has 11 heteroatoms. The fourth-order valence-corrected chi connectivity index (χ4v) is 4.72. The molecule has 2 aromatic rings. The smallest absolute Gasteiger partial charge is 0.411 e. The van der Waals surface area contributed by atoms with Gasteiger partial charge in [-0.15, -0.1) is 0 Å². The van der Waals surface area contributed by atoms with Crippen LogP contribution < -0.4 is 14.8 Å². The van der Waals surface area contributed by atoms with Crippen LogP contribution in [0.15, 0.2) is 47.6 Å². The van der Waals surface area contributed by atoms with Gasteiger partial charge in [0.1, 0.15) is 6.61 Å². The monoisotopic (exact) mass is 516 g/mol. The molecule has 2 aliphatic heterocycles. The maximum Gasteiger partial charge on any atom is 0.411 e. The third-order valence-electron chi connectivity index (χ3n) is 5.86. The molecule has 0 spiro atoms. The van der Waals surface area contributed by atoms with E-state index in [0.717, 1.165) is 37.0 Å². The molecule has 2 heterocycles. The summed E-state index contributed by atoms with van der Waals surface area (Å²) in [5.74, 6) is 1.07. The number of amides is 2. The predicted octanol–water partition coefficient (Wildman–Crippen LogP) is 4.72. The molecule has 1 N–H and O–H groups in total. The molecule has 192 valence electrons. The topological polar surface area (TPSA) is 92.7 Å². The Morgan fingerprint density at radius 1 is 1.14 bits per heavy atom. The second kappa shape index (κ2) is 12.6. The first-order chi connectivity index (χ1) is 17.6. The predicted molar refractivity (Wildman–Crippen MR) is 137 cm³/mol. The first-order valence-electron chi connectivity index (χ1n) is 11.7. The number of methoxy groups -OCH3 is 1. The lowest BCUT2D eigenvalue weighted by Crippen LogP contribution is -2.29. The third-order valence-corrected chi connectivity index (χ3v) is 6.74. The average Bonchev–Trinajstić information content (AvgIpc) is 3.40. The minimum atomic E-state index is -0.979. The molecule has 1 saturated heterocycles. The zero-order valence-electron chi connectivity index (χ0n) is 20.1. The van der Waals surface area contributed by atoms with Gasteiger partial charge in [0, 0.05) is 23.5 Å². The summed E-state index contributed by atoms with van der Waals surface area (Å²) in [6.45, 7) is 2.51. The summed E-state index contributed by atoms with van der Waals surface area (Å²) in [7, 11) is 1.48. The number of nitrogens with zero attached hydrogens (tertiary/aromatic N) is 3. The number of hydrogen-bond donors (Lipinski definition) is 1. The Kier molecular flexibility index (Phi) is 9.01. The summed E-state index contributed by atoms with van der Waals surface area (Å²) < 4.78 is 28.2. The Morgan fingerprint density at radius 2 is 1.92 bits per heavy atom. The van der Waals surface area contributed by atoms with Gasteiger partial charge in [-0.1, -0.05) is 23.9 Å². The molecule has 2 aromatic carbocycles. The third kappa shape index (κ3) is 6.88. The van der Waals surface area contributed by atoms with Gasteiger partial charge < -0.3 is 14.2 Å². The molecule has 0 bridgehead atoms. The molecule has 2 amide bonds. The van der Waals surface area contributed by atoms with Crippen molar-refractivity contribution in [2.75, 3.05) is 51.3 Å². The van der Waals surface area contributed by atoms with Crippen LogP contribution in [0.4, 0.5) is 19.7 Å². The number of halogens is 1. The number of ether oxygens (including phenoxy) is 3. The highest BCUT2D eigenvalue weighted by atomic mass is 32.2. The lowest BCUT2D eigenvalue weighted by atomic mass is 10.1. The number of thioether (sulfide) groups is 1. The van der Waals surface area contributed by atoms with E-state index in [1.165, 1.54) is 25.0 Å². The van der Waals surface area contributed by atoms with Gasteiger partial charge in [-0.2, -0.15) is 5.10 Å². The van der Waals surface area contributed by atoms with Crippen LogP contribution in [-0.2, 0) is 11.3 Å². The van der Waals surface area contributed by atoms with Crippen LogP contribution >= 0.6 is 11.8 Å². The van der Waals surface area contributed by atoms with Crippen LogP contribution in [0.3, 0.4) is 0 Å². The van der Waals surface area contributed by atoms with E-state index in [1.807, 2.05) is 12.1 Å². The first kappa shape index (κ1) is 25.8. The number of benzene rings is 2. The number of alkyl halides is 1. The number of hydrogen-bond acceptors (Lipinski definition) is 8. The van der Waals surface area contributed by atoms with Crippen molar-refractivity contribution in [3.05, 3.63) is 53.6 Å². The average molecular weight is 517 g/mol. The van der Waals surface area contributed by atoms with E-state index in [9.17, 15) is 14.0 Å². The Balaban J connectivity index is 1.34. The molecule has 0 aliphatic carbocycles. The second-order valence-electron chi connectivity index (χ2n) is 8.28. The minimum Gasteiger partial charge on any atom is -0.493 e. The van der Waals surface area contributed by atoms with Gasteiger partial charge >= 0.3 is 11.3 Å². The fourth-order valence-electron chi connectivity index (χ4n) is 3.98. The SMILES string of the molecule is COc1ccc(C2=NN(Cc3ccc(NC(=O)OCCN4CCCC4)cc3)C(=O)SC2)cc1OCF. The number of carbonyl (C=O) groups is 2. The van der Waals surface area contributed by atoms with Crippen LogP contribution in [0.2, 0.25) is 0 Å². The van der Waals surface area contributed by atoms with Crippen molar-refractivity contribution in [1.82, 2.24) is 9.91 Å². The quantitative estimate of drug-likeness (QED) is 0.489. The maximum absolute atomic E-state index is 12.7. The zero-order chi connectivity index (χ0) is 25.3. The summed E-state index contributed by atoms with van der Waals surface area (Å²) in [5, 5.41) is 8.46. The first-order valence-corrected chi connectivity index (χ1v) is 12.7. The van der Waals surface area contributed by atoms with E-state index < -0.39 is 13.0 Å². The van der Waals surface area contributed by atoms with Crippen LogP contribution in [0.5, 0.6) is 11.5 Å².